The van der Waals surface area contributed by atoms with E-state index in [1.54, 1.807) is 0 Å². The highest BCUT2D eigenvalue weighted by Gasteiger charge is 2.22. The molecule has 0 spiro atoms. The lowest BCUT2D eigenvalue weighted by Crippen LogP contribution is -2.45. The molecule has 3 heterocycles. The van der Waals surface area contributed by atoms with Crippen molar-refractivity contribution in [3.63, 3.8) is 0 Å². The molecule has 6 nitrogen and oxygen atoms in total. The Morgan fingerprint density at radius 2 is 1.75 bits per heavy atom. The Morgan fingerprint density at radius 3 is 2.53 bits per heavy atom. The highest BCUT2D eigenvalue weighted by Crippen LogP contribution is 2.23. The summed E-state index contributed by atoms with van der Waals surface area (Å²) in [5, 5.41) is 4.38. The maximum atomic E-state index is 12.8. The molecule has 0 unspecified atom stereocenters. The number of nitrogens with one attached hydrogen (secondary N) is 2. The molecule has 2 aromatic carbocycles. The fraction of sp³-hybridized carbons (Fsp3) is 0.346. The molecule has 1 saturated heterocycles. The summed E-state index contributed by atoms with van der Waals surface area (Å²) in [6, 6.07) is 16.5. The van der Waals surface area contributed by atoms with E-state index < -0.39 is 0 Å². The molecule has 2 aromatic heterocycles. The summed E-state index contributed by atoms with van der Waals surface area (Å²) in [6.07, 6.45) is 2.30. The average Bonchev–Trinajstić information content (AvgIpc) is 3.20. The number of carbonyl (C=O) groups excluding carboxylic acids is 1. The number of H-pyrrole nitrogens is 1. The van der Waals surface area contributed by atoms with Crippen LogP contribution in [0.2, 0.25) is 0 Å². The van der Waals surface area contributed by atoms with Gasteiger partial charge in [0.05, 0.1) is 29.5 Å². The smallest absolute Gasteiger partial charge is 0.224 e. The van der Waals surface area contributed by atoms with Gasteiger partial charge in [-0.25, -0.2) is 4.98 Å². The van der Waals surface area contributed by atoms with Gasteiger partial charge in [-0.2, -0.15) is 0 Å². The number of pyridine rings is 1. The van der Waals surface area contributed by atoms with Crippen LogP contribution in [-0.4, -0.2) is 44.9 Å². The third-order valence-electron chi connectivity index (χ3n) is 6.59. The molecule has 6 heteroatoms. The Morgan fingerprint density at radius 1 is 1.03 bits per heavy atom. The summed E-state index contributed by atoms with van der Waals surface area (Å²) in [6.45, 7) is 6.82. The van der Waals surface area contributed by atoms with Crippen LogP contribution in [0.1, 0.15) is 35.5 Å². The predicted molar refractivity (Wildman–Crippen MR) is 127 cm³/mol. The second-order valence-electron chi connectivity index (χ2n) is 8.81. The van der Waals surface area contributed by atoms with Crippen molar-refractivity contribution in [3.8, 4) is 0 Å². The number of fused-ring (bicyclic) bond motifs is 2. The Balaban J connectivity index is 1.17. The monoisotopic (exact) mass is 427 g/mol. The summed E-state index contributed by atoms with van der Waals surface area (Å²) in [5.41, 5.74) is 6.23. The largest absolute Gasteiger partial charge is 0.353 e. The molecule has 0 saturated carbocycles. The van der Waals surface area contributed by atoms with Gasteiger partial charge in [-0.15, -0.1) is 0 Å². The number of aryl methyl sites for hydroxylation is 2. The summed E-state index contributed by atoms with van der Waals surface area (Å²) in [7, 11) is 0. The number of likely N-dealkylation sites (tertiary alicyclic amines) is 1. The minimum Gasteiger partial charge on any atom is -0.353 e. The first-order valence-corrected chi connectivity index (χ1v) is 11.4. The van der Waals surface area contributed by atoms with Gasteiger partial charge in [0.2, 0.25) is 5.91 Å². The van der Waals surface area contributed by atoms with Crippen LogP contribution < -0.4 is 5.32 Å². The van der Waals surface area contributed by atoms with Crippen LogP contribution in [0.3, 0.4) is 0 Å². The number of carbonyl (C=O) groups is 1. The Bertz CT molecular complexity index is 1240. The zero-order valence-corrected chi connectivity index (χ0v) is 18.7. The predicted octanol–water partition coefficient (Wildman–Crippen LogP) is 4.05. The molecule has 0 atom stereocenters. The molecule has 32 heavy (non-hydrogen) atoms. The van der Waals surface area contributed by atoms with Crippen molar-refractivity contribution in [2.24, 2.45) is 0 Å². The second kappa shape index (κ2) is 8.71. The van der Waals surface area contributed by atoms with E-state index in [0.29, 0.717) is 6.42 Å². The van der Waals surface area contributed by atoms with E-state index in [9.17, 15) is 4.79 Å². The Hall–Kier alpha value is -3.25. The van der Waals surface area contributed by atoms with Gasteiger partial charge in [-0.05, 0) is 56.0 Å². The van der Waals surface area contributed by atoms with Crippen molar-refractivity contribution < 1.29 is 4.79 Å². The standard InChI is InChI=1S/C26H29N5O/c1-17-20-7-3-4-8-22(20)27-18(2)21(17)15-26(32)28-19-11-13-31(14-12-19)16-25-29-23-9-5-6-10-24(23)30-25/h3-10,19H,11-16H2,1-2H3,(H,28,32)(H,29,30). The molecule has 164 valence electrons. The number of hydrogen-bond acceptors (Lipinski definition) is 4. The number of imidazole rings is 1. The number of aromatic nitrogens is 3. The number of nitrogens with zero attached hydrogens (tertiary/aromatic N) is 3. The van der Waals surface area contributed by atoms with Gasteiger partial charge in [0, 0.05) is 30.2 Å². The van der Waals surface area contributed by atoms with E-state index in [-0.39, 0.29) is 11.9 Å². The molecule has 1 amide bonds. The number of piperidine rings is 1. The molecule has 2 N–H and O–H groups in total. The fourth-order valence-corrected chi connectivity index (χ4v) is 4.80. The van der Waals surface area contributed by atoms with Crippen molar-refractivity contribution in [3.05, 3.63) is 71.2 Å². The van der Waals surface area contributed by atoms with E-state index >= 15 is 0 Å². The van der Waals surface area contributed by atoms with E-state index in [0.717, 1.165) is 77.1 Å². The molecule has 0 bridgehead atoms. The van der Waals surface area contributed by atoms with Crippen LogP contribution in [0.15, 0.2) is 48.5 Å². The lowest BCUT2D eigenvalue weighted by atomic mass is 9.98. The molecule has 5 rings (SSSR count). The van der Waals surface area contributed by atoms with Crippen molar-refractivity contribution in [2.45, 2.75) is 45.7 Å². The molecular weight excluding hydrogens is 398 g/mol. The third kappa shape index (κ3) is 4.23. The molecular formula is C26H29N5O. The molecule has 0 aliphatic carbocycles. The highest BCUT2D eigenvalue weighted by molar-refractivity contribution is 5.86. The summed E-state index contributed by atoms with van der Waals surface area (Å²) in [5.74, 6) is 1.09. The summed E-state index contributed by atoms with van der Waals surface area (Å²) in [4.78, 5) is 28.0. The van der Waals surface area contributed by atoms with Gasteiger partial charge in [-0.3, -0.25) is 14.7 Å². The lowest BCUT2D eigenvalue weighted by Gasteiger charge is -2.31. The van der Waals surface area contributed by atoms with Gasteiger partial charge in [0.25, 0.3) is 0 Å². The first kappa shape index (κ1) is 20.6. The van der Waals surface area contributed by atoms with Gasteiger partial charge in [-0.1, -0.05) is 30.3 Å². The van der Waals surface area contributed by atoms with E-state index in [1.807, 2.05) is 43.3 Å². The number of amides is 1. The number of rotatable bonds is 5. The van der Waals surface area contributed by atoms with Crippen LogP contribution >= 0.6 is 0 Å². The number of aromatic amines is 1. The summed E-state index contributed by atoms with van der Waals surface area (Å²) < 4.78 is 0. The topological polar surface area (TPSA) is 73.9 Å². The third-order valence-corrected chi connectivity index (χ3v) is 6.59. The van der Waals surface area contributed by atoms with Crippen LogP contribution in [0.5, 0.6) is 0 Å². The fourth-order valence-electron chi connectivity index (χ4n) is 4.80. The summed E-state index contributed by atoms with van der Waals surface area (Å²) >= 11 is 0. The number of para-hydroxylation sites is 3. The highest BCUT2D eigenvalue weighted by atomic mass is 16.1. The molecule has 0 radical (unpaired) electrons. The van der Waals surface area contributed by atoms with Crippen molar-refractivity contribution >= 4 is 27.8 Å². The molecule has 1 fully saturated rings. The Labute approximate surface area is 188 Å². The lowest BCUT2D eigenvalue weighted by molar-refractivity contribution is -0.121. The maximum absolute atomic E-state index is 12.8. The van der Waals surface area contributed by atoms with E-state index in [4.69, 9.17) is 4.98 Å². The molecule has 1 aliphatic heterocycles. The normalized spacial score (nSPS) is 15.4. The van der Waals surface area contributed by atoms with Crippen LogP contribution in [0, 0.1) is 13.8 Å². The van der Waals surface area contributed by atoms with Gasteiger partial charge < -0.3 is 10.3 Å². The van der Waals surface area contributed by atoms with Crippen molar-refractivity contribution in [2.75, 3.05) is 13.1 Å². The van der Waals surface area contributed by atoms with Crippen LogP contribution in [-0.2, 0) is 17.8 Å². The SMILES string of the molecule is Cc1nc2ccccc2c(C)c1CC(=O)NC1CCN(Cc2nc3ccccc3[nH]2)CC1. The van der Waals surface area contributed by atoms with Gasteiger partial charge >= 0.3 is 0 Å². The molecule has 4 aromatic rings. The maximum Gasteiger partial charge on any atom is 0.224 e. The van der Waals surface area contributed by atoms with Crippen molar-refractivity contribution in [1.82, 2.24) is 25.2 Å². The number of benzene rings is 2. The van der Waals surface area contributed by atoms with Crippen molar-refractivity contribution in [1.29, 1.82) is 0 Å². The van der Waals surface area contributed by atoms with Crippen LogP contribution in [0.4, 0.5) is 0 Å². The average molecular weight is 428 g/mol. The van der Waals surface area contributed by atoms with E-state index in [2.05, 4.69) is 39.2 Å². The second-order valence-corrected chi connectivity index (χ2v) is 8.81. The minimum absolute atomic E-state index is 0.0871. The minimum atomic E-state index is 0.0871. The zero-order chi connectivity index (χ0) is 22.1. The number of hydrogen-bond donors (Lipinski definition) is 2. The first-order valence-electron chi connectivity index (χ1n) is 11.4. The first-order chi connectivity index (χ1) is 15.6. The Kier molecular flexibility index (Phi) is 5.62. The van der Waals surface area contributed by atoms with Gasteiger partial charge in [0.15, 0.2) is 0 Å². The molecule has 1 aliphatic rings. The van der Waals surface area contributed by atoms with E-state index in [1.165, 1.54) is 0 Å². The quantitative estimate of drug-likeness (QED) is 0.504. The zero-order valence-electron chi connectivity index (χ0n) is 18.7. The van der Waals surface area contributed by atoms with Gasteiger partial charge in [0.1, 0.15) is 5.82 Å². The van der Waals surface area contributed by atoms with Crippen LogP contribution in [0.25, 0.3) is 21.9 Å².